The third-order valence-electron chi connectivity index (χ3n) is 6.29. The van der Waals surface area contributed by atoms with E-state index < -0.39 is 12.2 Å². The number of aliphatic hydroxyl groups excluding tert-OH is 2. The Morgan fingerprint density at radius 1 is 1.25 bits per heavy atom. The smallest absolute Gasteiger partial charge is 0.226 e. The maximum atomic E-state index is 13.2. The lowest BCUT2D eigenvalue weighted by atomic mass is 9.79. The van der Waals surface area contributed by atoms with Crippen LogP contribution in [0.5, 0.6) is 0 Å². The Kier molecular flexibility index (Phi) is 8.93. The minimum Gasteiger partial charge on any atom is -0.391 e. The van der Waals surface area contributed by atoms with Gasteiger partial charge >= 0.3 is 0 Å². The van der Waals surface area contributed by atoms with E-state index in [0.29, 0.717) is 18.9 Å². The molecule has 1 aromatic rings. The molecule has 0 saturated carbocycles. The van der Waals surface area contributed by atoms with Gasteiger partial charge in [0, 0.05) is 25.6 Å². The fourth-order valence-corrected chi connectivity index (χ4v) is 4.60. The maximum Gasteiger partial charge on any atom is 0.226 e. The van der Waals surface area contributed by atoms with Crippen LogP contribution in [0.2, 0.25) is 0 Å². The van der Waals surface area contributed by atoms with Gasteiger partial charge in [-0.25, -0.2) is 0 Å². The van der Waals surface area contributed by atoms with Crippen molar-refractivity contribution in [3.05, 3.63) is 35.4 Å². The van der Waals surface area contributed by atoms with Gasteiger partial charge in [0.2, 0.25) is 5.91 Å². The molecule has 2 rings (SSSR count). The average molecular weight is 391 g/mol. The maximum absolute atomic E-state index is 13.2. The van der Waals surface area contributed by atoms with Crippen molar-refractivity contribution in [3.8, 4) is 0 Å². The van der Waals surface area contributed by atoms with Crippen LogP contribution in [-0.2, 0) is 11.3 Å². The molecular weight excluding hydrogens is 352 g/mol. The van der Waals surface area contributed by atoms with Gasteiger partial charge in [0.1, 0.15) is 0 Å². The topological polar surface area (TPSA) is 86.8 Å². The van der Waals surface area contributed by atoms with Crippen LogP contribution in [0, 0.1) is 11.8 Å². The minimum atomic E-state index is -0.856. The van der Waals surface area contributed by atoms with Crippen LogP contribution in [-0.4, -0.2) is 46.3 Å². The molecule has 0 spiro atoms. The number of likely N-dealkylation sites (tertiary alicyclic amines) is 1. The quantitative estimate of drug-likeness (QED) is 0.605. The van der Waals surface area contributed by atoms with Crippen molar-refractivity contribution in [2.24, 2.45) is 17.6 Å². The highest BCUT2D eigenvalue weighted by molar-refractivity contribution is 5.79. The summed E-state index contributed by atoms with van der Waals surface area (Å²) in [5.41, 5.74) is 8.23. The number of carbonyl (C=O) groups is 1. The molecule has 1 aromatic carbocycles. The summed E-state index contributed by atoms with van der Waals surface area (Å²) < 4.78 is 0. The summed E-state index contributed by atoms with van der Waals surface area (Å²) in [6.07, 6.45) is 2.55. The van der Waals surface area contributed by atoms with Crippen LogP contribution < -0.4 is 5.73 Å². The number of piperidine rings is 1. The van der Waals surface area contributed by atoms with Gasteiger partial charge in [-0.05, 0) is 55.6 Å². The van der Waals surface area contributed by atoms with Crippen molar-refractivity contribution in [2.75, 3.05) is 13.1 Å². The van der Waals surface area contributed by atoms with E-state index in [2.05, 4.69) is 31.2 Å². The molecule has 1 heterocycles. The van der Waals surface area contributed by atoms with E-state index in [-0.39, 0.29) is 17.7 Å². The van der Waals surface area contributed by atoms with E-state index in [0.717, 1.165) is 44.3 Å². The number of rotatable bonds is 9. The molecule has 4 N–H and O–H groups in total. The van der Waals surface area contributed by atoms with Crippen molar-refractivity contribution in [1.82, 2.24) is 4.90 Å². The van der Waals surface area contributed by atoms with Gasteiger partial charge in [-0.1, -0.05) is 44.5 Å². The summed E-state index contributed by atoms with van der Waals surface area (Å²) in [7, 11) is 0. The Labute approximate surface area is 169 Å². The van der Waals surface area contributed by atoms with Crippen molar-refractivity contribution >= 4 is 5.91 Å². The molecule has 4 atom stereocenters. The van der Waals surface area contributed by atoms with Crippen LogP contribution in [0.25, 0.3) is 0 Å². The van der Waals surface area contributed by atoms with Crippen LogP contribution in [0.4, 0.5) is 0 Å². The molecule has 0 aliphatic carbocycles. The zero-order valence-electron chi connectivity index (χ0n) is 17.7. The fraction of sp³-hybridized carbons (Fsp3) is 0.696. The third kappa shape index (κ3) is 5.56. The van der Waals surface area contributed by atoms with Crippen molar-refractivity contribution < 1.29 is 15.0 Å². The summed E-state index contributed by atoms with van der Waals surface area (Å²) in [5, 5.41) is 20.3. The first-order chi connectivity index (χ1) is 13.4. The van der Waals surface area contributed by atoms with Gasteiger partial charge in [0.05, 0.1) is 12.2 Å². The van der Waals surface area contributed by atoms with E-state index in [1.165, 1.54) is 5.56 Å². The molecule has 1 aliphatic rings. The zero-order valence-corrected chi connectivity index (χ0v) is 17.7. The molecule has 1 fully saturated rings. The second-order valence-electron chi connectivity index (χ2n) is 8.25. The monoisotopic (exact) mass is 390 g/mol. The standard InChI is InChI=1S/C23H38N2O3/c1-4-7-21(22(27)16(3)26)20(5-2)23(28)25-12-10-18(11-13-25)19-9-6-8-17(14-19)15-24/h6,8-9,14,16,18,20-22,26-27H,4-5,7,10-13,15,24H2,1-3H3. The third-order valence-corrected chi connectivity index (χ3v) is 6.29. The molecular formula is C23H38N2O3. The van der Waals surface area contributed by atoms with E-state index in [4.69, 9.17) is 5.73 Å². The Hall–Kier alpha value is -1.43. The Morgan fingerprint density at radius 2 is 1.93 bits per heavy atom. The Balaban J connectivity index is 2.03. The molecule has 0 radical (unpaired) electrons. The molecule has 0 bridgehead atoms. The molecule has 0 aromatic heterocycles. The largest absolute Gasteiger partial charge is 0.391 e. The van der Waals surface area contributed by atoms with E-state index in [1.807, 2.05) is 11.8 Å². The predicted octanol–water partition coefficient (Wildman–Crippen LogP) is 3.04. The van der Waals surface area contributed by atoms with E-state index in [1.54, 1.807) is 6.92 Å². The first-order valence-electron chi connectivity index (χ1n) is 10.9. The number of hydrogen-bond donors (Lipinski definition) is 3. The molecule has 158 valence electrons. The second-order valence-corrected chi connectivity index (χ2v) is 8.25. The lowest BCUT2D eigenvalue weighted by Crippen LogP contribution is -2.46. The van der Waals surface area contributed by atoms with E-state index in [9.17, 15) is 15.0 Å². The highest BCUT2D eigenvalue weighted by Crippen LogP contribution is 2.32. The minimum absolute atomic E-state index is 0.134. The molecule has 28 heavy (non-hydrogen) atoms. The number of benzene rings is 1. The summed E-state index contributed by atoms with van der Waals surface area (Å²) in [6, 6.07) is 8.46. The molecule has 5 heteroatoms. The normalized spacial score (nSPS) is 19.9. The number of nitrogens with two attached hydrogens (primary N) is 1. The average Bonchev–Trinajstić information content (AvgIpc) is 2.73. The van der Waals surface area contributed by atoms with Gasteiger partial charge in [0.25, 0.3) is 0 Å². The molecule has 1 amide bonds. The van der Waals surface area contributed by atoms with Gasteiger partial charge in [-0.2, -0.15) is 0 Å². The van der Waals surface area contributed by atoms with Crippen LogP contribution in [0.1, 0.15) is 69.9 Å². The number of aliphatic hydroxyl groups is 2. The van der Waals surface area contributed by atoms with E-state index >= 15 is 0 Å². The van der Waals surface area contributed by atoms with Crippen molar-refractivity contribution in [2.45, 2.75) is 77.5 Å². The molecule has 5 nitrogen and oxygen atoms in total. The molecule has 1 saturated heterocycles. The Morgan fingerprint density at radius 3 is 2.46 bits per heavy atom. The van der Waals surface area contributed by atoms with Gasteiger partial charge < -0.3 is 20.8 Å². The number of hydrogen-bond acceptors (Lipinski definition) is 4. The highest BCUT2D eigenvalue weighted by atomic mass is 16.3. The number of carbonyl (C=O) groups excluding carboxylic acids is 1. The molecule has 1 aliphatic heterocycles. The lowest BCUT2D eigenvalue weighted by Gasteiger charge is -2.38. The van der Waals surface area contributed by atoms with Gasteiger partial charge in [0.15, 0.2) is 0 Å². The predicted molar refractivity (Wildman–Crippen MR) is 113 cm³/mol. The summed E-state index contributed by atoms with van der Waals surface area (Å²) in [5.74, 6) is 0.169. The fourth-order valence-electron chi connectivity index (χ4n) is 4.60. The zero-order chi connectivity index (χ0) is 20.7. The molecule has 4 unspecified atom stereocenters. The van der Waals surface area contributed by atoms with Crippen molar-refractivity contribution in [1.29, 1.82) is 0 Å². The SMILES string of the molecule is CCCC(C(CC)C(=O)N1CCC(c2cccc(CN)c2)CC1)C(O)C(C)O. The lowest BCUT2D eigenvalue weighted by molar-refractivity contribution is -0.142. The first-order valence-corrected chi connectivity index (χ1v) is 10.9. The number of amides is 1. The van der Waals surface area contributed by atoms with Gasteiger partial charge in [-0.3, -0.25) is 4.79 Å². The number of nitrogens with zero attached hydrogens (tertiary/aromatic N) is 1. The Bertz CT molecular complexity index is 612. The van der Waals surface area contributed by atoms with Crippen LogP contribution in [0.3, 0.4) is 0 Å². The summed E-state index contributed by atoms with van der Waals surface area (Å²) >= 11 is 0. The second kappa shape index (κ2) is 10.9. The summed E-state index contributed by atoms with van der Waals surface area (Å²) in [6.45, 7) is 7.71. The van der Waals surface area contributed by atoms with Gasteiger partial charge in [-0.15, -0.1) is 0 Å². The first kappa shape index (κ1) is 22.9. The van der Waals surface area contributed by atoms with Crippen LogP contribution >= 0.6 is 0 Å². The summed E-state index contributed by atoms with van der Waals surface area (Å²) in [4.78, 5) is 15.2. The highest BCUT2D eigenvalue weighted by Gasteiger charge is 2.37. The van der Waals surface area contributed by atoms with Crippen molar-refractivity contribution in [3.63, 3.8) is 0 Å². The van der Waals surface area contributed by atoms with Crippen LogP contribution in [0.15, 0.2) is 24.3 Å².